The number of nitrogens with zero attached hydrogens (tertiary/aromatic N) is 2. The number of carbonyl (C=O) groups is 2. The Bertz CT molecular complexity index is 625. The van der Waals surface area contributed by atoms with Gasteiger partial charge in [0.1, 0.15) is 11.6 Å². The van der Waals surface area contributed by atoms with Gasteiger partial charge in [-0.15, -0.1) is 0 Å². The molecule has 6 heteroatoms. The molecule has 0 fully saturated rings. The molecule has 0 radical (unpaired) electrons. The van der Waals surface area contributed by atoms with E-state index in [4.69, 9.17) is 5.73 Å². The summed E-state index contributed by atoms with van der Waals surface area (Å²) in [5.41, 5.74) is 8.06. The second-order valence-electron chi connectivity index (χ2n) is 5.25. The number of amides is 2. The summed E-state index contributed by atoms with van der Waals surface area (Å²) >= 11 is 0. The summed E-state index contributed by atoms with van der Waals surface area (Å²) in [6.45, 7) is 4.80. The van der Waals surface area contributed by atoms with Crippen molar-refractivity contribution in [3.8, 4) is 6.07 Å². The van der Waals surface area contributed by atoms with Crippen LogP contribution in [-0.2, 0) is 22.4 Å². The van der Waals surface area contributed by atoms with Crippen LogP contribution in [0, 0.1) is 11.3 Å². The third-order valence-electron chi connectivity index (χ3n) is 3.65. The Morgan fingerprint density at radius 3 is 2.42 bits per heavy atom. The Labute approximate surface area is 142 Å². The number of rotatable bonds is 9. The fourth-order valence-corrected chi connectivity index (χ4v) is 2.31. The fraction of sp³-hybridized carbons (Fsp3) is 0.389. The maximum atomic E-state index is 12.4. The highest BCUT2D eigenvalue weighted by molar-refractivity contribution is 6.07. The van der Waals surface area contributed by atoms with Gasteiger partial charge in [-0.3, -0.25) is 9.59 Å². The van der Waals surface area contributed by atoms with Crippen molar-refractivity contribution in [1.29, 1.82) is 5.26 Å². The fourth-order valence-electron chi connectivity index (χ4n) is 2.31. The van der Waals surface area contributed by atoms with E-state index >= 15 is 0 Å². The number of nitriles is 1. The van der Waals surface area contributed by atoms with Gasteiger partial charge in [0.15, 0.2) is 0 Å². The van der Waals surface area contributed by atoms with E-state index in [1.807, 2.05) is 38.1 Å². The SMILES string of the molecule is CCc1cccc(CC)c1NC(=O)/C(C#N)=C\N(C=O)CCCN. The predicted octanol–water partition coefficient (Wildman–Crippen LogP) is 1.96. The number of nitrogens with two attached hydrogens (primary N) is 1. The molecule has 0 saturated carbocycles. The second-order valence-corrected chi connectivity index (χ2v) is 5.25. The number of anilines is 1. The minimum atomic E-state index is -0.521. The van der Waals surface area contributed by atoms with Crippen molar-refractivity contribution in [2.75, 3.05) is 18.4 Å². The van der Waals surface area contributed by atoms with Gasteiger partial charge in [0, 0.05) is 18.4 Å². The largest absolute Gasteiger partial charge is 0.330 e. The molecule has 1 aromatic carbocycles. The van der Waals surface area contributed by atoms with Crippen LogP contribution in [0.5, 0.6) is 0 Å². The van der Waals surface area contributed by atoms with Gasteiger partial charge in [-0.1, -0.05) is 32.0 Å². The molecule has 0 aliphatic carbocycles. The minimum Gasteiger partial charge on any atom is -0.330 e. The van der Waals surface area contributed by atoms with E-state index in [0.717, 1.165) is 29.7 Å². The van der Waals surface area contributed by atoms with Crippen LogP contribution in [-0.4, -0.2) is 30.3 Å². The van der Waals surface area contributed by atoms with Gasteiger partial charge < -0.3 is 16.0 Å². The summed E-state index contributed by atoms with van der Waals surface area (Å²) in [5, 5.41) is 12.1. The molecule has 0 heterocycles. The molecule has 1 rings (SSSR count). The molecule has 0 bridgehead atoms. The van der Waals surface area contributed by atoms with Gasteiger partial charge in [-0.2, -0.15) is 5.26 Å². The van der Waals surface area contributed by atoms with Crippen molar-refractivity contribution >= 4 is 18.0 Å². The molecule has 0 aliphatic rings. The first-order chi connectivity index (χ1) is 11.6. The molecule has 1 aromatic rings. The molecule has 6 nitrogen and oxygen atoms in total. The number of hydrogen-bond acceptors (Lipinski definition) is 4. The normalized spacial score (nSPS) is 10.8. The second kappa shape index (κ2) is 10.2. The third-order valence-corrected chi connectivity index (χ3v) is 3.65. The number of nitrogens with one attached hydrogen (secondary N) is 1. The van der Waals surface area contributed by atoms with E-state index < -0.39 is 5.91 Å². The van der Waals surface area contributed by atoms with Gasteiger partial charge in [-0.05, 0) is 36.9 Å². The molecule has 3 N–H and O–H groups in total. The zero-order valence-electron chi connectivity index (χ0n) is 14.2. The van der Waals surface area contributed by atoms with Crippen molar-refractivity contribution in [3.05, 3.63) is 41.1 Å². The van der Waals surface area contributed by atoms with Gasteiger partial charge in [-0.25, -0.2) is 0 Å². The van der Waals surface area contributed by atoms with Crippen LogP contribution in [0.4, 0.5) is 5.69 Å². The lowest BCUT2D eigenvalue weighted by Gasteiger charge is -2.15. The van der Waals surface area contributed by atoms with Crippen LogP contribution in [0.3, 0.4) is 0 Å². The van der Waals surface area contributed by atoms with Crippen molar-refractivity contribution in [2.24, 2.45) is 5.73 Å². The summed E-state index contributed by atoms with van der Waals surface area (Å²) < 4.78 is 0. The number of aryl methyl sites for hydroxylation is 2. The lowest BCUT2D eigenvalue weighted by atomic mass is 10.0. The Morgan fingerprint density at radius 2 is 1.96 bits per heavy atom. The Balaban J connectivity index is 3.04. The van der Waals surface area contributed by atoms with Crippen molar-refractivity contribution in [2.45, 2.75) is 33.1 Å². The quantitative estimate of drug-likeness (QED) is 0.411. The lowest BCUT2D eigenvalue weighted by Crippen LogP contribution is -2.23. The van der Waals surface area contributed by atoms with Crippen LogP contribution in [0.25, 0.3) is 0 Å². The first-order valence-corrected chi connectivity index (χ1v) is 8.06. The monoisotopic (exact) mass is 328 g/mol. The number of benzene rings is 1. The van der Waals surface area contributed by atoms with Crippen LogP contribution in [0.15, 0.2) is 30.0 Å². The Hall–Kier alpha value is -2.65. The van der Waals surface area contributed by atoms with E-state index in [1.165, 1.54) is 11.1 Å². The maximum Gasteiger partial charge on any atom is 0.267 e. The molecule has 128 valence electrons. The van der Waals surface area contributed by atoms with Crippen LogP contribution < -0.4 is 11.1 Å². The topological polar surface area (TPSA) is 99.2 Å². The zero-order valence-corrected chi connectivity index (χ0v) is 14.2. The molecule has 0 unspecified atom stereocenters. The van der Waals surface area contributed by atoms with E-state index in [-0.39, 0.29) is 5.57 Å². The first-order valence-electron chi connectivity index (χ1n) is 8.06. The number of para-hydroxylation sites is 1. The highest BCUT2D eigenvalue weighted by atomic mass is 16.2. The third kappa shape index (κ3) is 5.21. The summed E-state index contributed by atoms with van der Waals surface area (Å²) in [6.07, 6.45) is 3.97. The smallest absolute Gasteiger partial charge is 0.267 e. The van der Waals surface area contributed by atoms with Crippen molar-refractivity contribution in [3.63, 3.8) is 0 Å². The molecule has 24 heavy (non-hydrogen) atoms. The Kier molecular flexibility index (Phi) is 8.23. The van der Waals surface area contributed by atoms with E-state index in [9.17, 15) is 14.9 Å². The van der Waals surface area contributed by atoms with Crippen LogP contribution in [0.2, 0.25) is 0 Å². The highest BCUT2D eigenvalue weighted by Gasteiger charge is 2.15. The van der Waals surface area contributed by atoms with Gasteiger partial charge in [0.25, 0.3) is 5.91 Å². The Morgan fingerprint density at radius 1 is 1.33 bits per heavy atom. The number of carbonyl (C=O) groups excluding carboxylic acids is 2. The summed E-state index contributed by atoms with van der Waals surface area (Å²) in [6, 6.07) is 7.71. The van der Waals surface area contributed by atoms with Crippen molar-refractivity contribution < 1.29 is 9.59 Å². The van der Waals surface area contributed by atoms with Gasteiger partial charge in [0.05, 0.1) is 0 Å². The van der Waals surface area contributed by atoms with E-state index in [2.05, 4.69) is 5.32 Å². The molecular weight excluding hydrogens is 304 g/mol. The minimum absolute atomic E-state index is 0.118. The molecular formula is C18H24N4O2. The standard InChI is InChI=1S/C18H24N4O2/c1-3-14-7-5-8-15(4-2)17(14)21-18(24)16(11-20)12-22(13-23)10-6-9-19/h5,7-8,12-13H,3-4,6,9-10,19H2,1-2H3,(H,21,24)/b16-12-. The molecule has 0 saturated heterocycles. The average Bonchev–Trinajstić information content (AvgIpc) is 2.62. The maximum absolute atomic E-state index is 12.4. The highest BCUT2D eigenvalue weighted by Crippen LogP contribution is 2.23. The van der Waals surface area contributed by atoms with Gasteiger partial charge >= 0.3 is 0 Å². The molecule has 2 amide bonds. The average molecular weight is 328 g/mol. The number of hydrogen-bond donors (Lipinski definition) is 2. The summed E-state index contributed by atoms with van der Waals surface area (Å²) in [4.78, 5) is 24.7. The lowest BCUT2D eigenvalue weighted by molar-refractivity contribution is -0.116. The molecule has 0 aromatic heterocycles. The van der Waals surface area contributed by atoms with Gasteiger partial charge in [0.2, 0.25) is 6.41 Å². The molecule has 0 atom stereocenters. The van der Waals surface area contributed by atoms with E-state index in [1.54, 1.807) is 0 Å². The zero-order chi connectivity index (χ0) is 17.9. The first kappa shape index (κ1) is 19.4. The van der Waals surface area contributed by atoms with Crippen molar-refractivity contribution in [1.82, 2.24) is 4.90 Å². The van der Waals surface area contributed by atoms with E-state index in [0.29, 0.717) is 25.9 Å². The predicted molar refractivity (Wildman–Crippen MR) is 94.0 cm³/mol. The molecule has 0 aliphatic heterocycles. The van der Waals surface area contributed by atoms with Crippen LogP contribution >= 0.6 is 0 Å². The van der Waals surface area contributed by atoms with Crippen LogP contribution in [0.1, 0.15) is 31.4 Å². The summed E-state index contributed by atoms with van der Waals surface area (Å²) in [5.74, 6) is -0.521. The molecule has 0 spiro atoms. The summed E-state index contributed by atoms with van der Waals surface area (Å²) in [7, 11) is 0.